The summed E-state index contributed by atoms with van der Waals surface area (Å²) in [5.41, 5.74) is 1.00. The Labute approximate surface area is 158 Å². The Balaban J connectivity index is 1.93. The minimum atomic E-state index is -0.548. The van der Waals surface area contributed by atoms with Crippen molar-refractivity contribution < 1.29 is 14.0 Å². The van der Waals surface area contributed by atoms with Crippen molar-refractivity contribution >= 4 is 23.4 Å². The van der Waals surface area contributed by atoms with Gasteiger partial charge in [-0.15, -0.1) is 0 Å². The van der Waals surface area contributed by atoms with E-state index in [9.17, 15) is 14.0 Å². The third-order valence-electron chi connectivity index (χ3n) is 4.15. The van der Waals surface area contributed by atoms with Gasteiger partial charge in [-0.05, 0) is 32.0 Å². The second kappa shape index (κ2) is 8.85. The van der Waals surface area contributed by atoms with Gasteiger partial charge in [-0.1, -0.05) is 36.9 Å². The summed E-state index contributed by atoms with van der Waals surface area (Å²) in [7, 11) is 0. The van der Waals surface area contributed by atoms with Crippen LogP contribution in [0.1, 0.15) is 25.3 Å². The van der Waals surface area contributed by atoms with Gasteiger partial charge in [0.05, 0.1) is 11.6 Å². The minimum Gasteiger partial charge on any atom is -0.350 e. The maximum atomic E-state index is 13.9. The smallest absolute Gasteiger partial charge is 0.243 e. The topological polar surface area (TPSA) is 52.7 Å². The minimum absolute atomic E-state index is 0.0100. The molecule has 0 unspecified atom stereocenters. The molecule has 7 heteroatoms. The summed E-state index contributed by atoms with van der Waals surface area (Å²) in [4.78, 5) is 28.0. The molecule has 0 bridgehead atoms. The van der Waals surface area contributed by atoms with E-state index < -0.39 is 5.82 Å². The van der Waals surface area contributed by atoms with Gasteiger partial charge in [0.25, 0.3) is 0 Å². The Morgan fingerprint density at radius 2 is 2.08 bits per heavy atom. The molecule has 0 aliphatic heterocycles. The van der Waals surface area contributed by atoms with E-state index in [1.807, 2.05) is 0 Å². The molecule has 1 aromatic carbocycles. The molecule has 26 heavy (non-hydrogen) atoms. The highest BCUT2D eigenvalue weighted by atomic mass is 35.5. The van der Waals surface area contributed by atoms with Crippen LogP contribution in [-0.4, -0.2) is 40.7 Å². The molecular formula is C19H23ClFN3O2. The number of amides is 2. The predicted octanol–water partition coefficient (Wildman–Crippen LogP) is 3.07. The third-order valence-corrected chi connectivity index (χ3v) is 4.44. The first kappa shape index (κ1) is 20.0. The molecule has 2 amide bonds. The van der Waals surface area contributed by atoms with Gasteiger partial charge in [0.1, 0.15) is 12.4 Å². The van der Waals surface area contributed by atoms with Gasteiger partial charge in [-0.25, -0.2) is 4.39 Å². The van der Waals surface area contributed by atoms with Gasteiger partial charge >= 0.3 is 0 Å². The summed E-state index contributed by atoms with van der Waals surface area (Å²) in [6, 6.07) is 4.70. The summed E-state index contributed by atoms with van der Waals surface area (Å²) in [6.45, 7) is 9.28. The van der Waals surface area contributed by atoms with Crippen LogP contribution in [0, 0.1) is 5.82 Å². The van der Waals surface area contributed by atoms with Crippen LogP contribution in [0.2, 0.25) is 5.02 Å². The lowest BCUT2D eigenvalue weighted by Crippen LogP contribution is -2.45. The van der Waals surface area contributed by atoms with Crippen molar-refractivity contribution in [3.8, 4) is 0 Å². The van der Waals surface area contributed by atoms with Crippen LogP contribution in [0.4, 0.5) is 4.39 Å². The fourth-order valence-electron chi connectivity index (χ4n) is 2.49. The number of nitrogens with zero attached hydrogens (tertiary/aromatic N) is 2. The fourth-order valence-corrected chi connectivity index (χ4v) is 2.68. The zero-order valence-electron chi connectivity index (χ0n) is 14.8. The number of benzene rings is 1. The number of rotatable bonds is 9. The van der Waals surface area contributed by atoms with Gasteiger partial charge in [0.2, 0.25) is 11.8 Å². The third kappa shape index (κ3) is 5.33. The molecule has 0 saturated heterocycles. The van der Waals surface area contributed by atoms with Crippen LogP contribution in [-0.2, 0) is 16.1 Å². The first-order valence-electron chi connectivity index (χ1n) is 8.37. The lowest BCUT2D eigenvalue weighted by atomic mass is 10.2. The number of hydrogen-bond acceptors (Lipinski definition) is 3. The molecule has 0 atom stereocenters. The maximum absolute atomic E-state index is 13.9. The largest absolute Gasteiger partial charge is 0.350 e. The monoisotopic (exact) mass is 379 g/mol. The number of nitrogens with one attached hydrogen (secondary N) is 1. The molecule has 1 saturated carbocycles. The lowest BCUT2D eigenvalue weighted by molar-refractivity contribution is -0.136. The van der Waals surface area contributed by atoms with Crippen molar-refractivity contribution in [3.05, 3.63) is 59.7 Å². The van der Waals surface area contributed by atoms with Crippen molar-refractivity contribution in [3.63, 3.8) is 0 Å². The van der Waals surface area contributed by atoms with Crippen molar-refractivity contribution in [1.29, 1.82) is 0 Å². The molecule has 0 heterocycles. The molecule has 1 aliphatic rings. The van der Waals surface area contributed by atoms with E-state index in [1.54, 1.807) is 28.9 Å². The molecule has 140 valence electrons. The molecule has 1 N–H and O–H groups in total. The number of carbonyl (C=O) groups is 2. The van der Waals surface area contributed by atoms with Gasteiger partial charge in [0, 0.05) is 23.8 Å². The fraction of sp³-hybridized carbons (Fsp3) is 0.368. The molecule has 1 fully saturated rings. The zero-order chi connectivity index (χ0) is 19.3. The highest BCUT2D eigenvalue weighted by Gasteiger charge is 2.34. The Morgan fingerprint density at radius 3 is 2.65 bits per heavy atom. The molecular weight excluding hydrogens is 357 g/mol. The van der Waals surface area contributed by atoms with Gasteiger partial charge in [0.15, 0.2) is 0 Å². The van der Waals surface area contributed by atoms with Crippen molar-refractivity contribution in [2.75, 3.05) is 13.1 Å². The van der Waals surface area contributed by atoms with Gasteiger partial charge < -0.3 is 15.1 Å². The van der Waals surface area contributed by atoms with Crippen LogP contribution in [0.3, 0.4) is 0 Å². The van der Waals surface area contributed by atoms with E-state index in [2.05, 4.69) is 18.5 Å². The number of hydrogen-bond donors (Lipinski definition) is 1. The summed E-state index contributed by atoms with van der Waals surface area (Å²) in [5.74, 6) is -1.06. The van der Waals surface area contributed by atoms with E-state index in [-0.39, 0.29) is 42.5 Å². The van der Waals surface area contributed by atoms with Crippen LogP contribution >= 0.6 is 11.6 Å². The first-order valence-corrected chi connectivity index (χ1v) is 8.75. The molecule has 0 spiro atoms. The summed E-state index contributed by atoms with van der Waals surface area (Å²) in [5, 5.41) is 2.65. The van der Waals surface area contributed by atoms with Crippen molar-refractivity contribution in [2.24, 2.45) is 0 Å². The van der Waals surface area contributed by atoms with Crippen molar-refractivity contribution in [2.45, 2.75) is 32.4 Å². The second-order valence-corrected chi connectivity index (χ2v) is 6.70. The van der Waals surface area contributed by atoms with Crippen molar-refractivity contribution in [1.82, 2.24) is 15.1 Å². The normalized spacial score (nSPS) is 13.0. The molecule has 0 aromatic heterocycles. The summed E-state index contributed by atoms with van der Waals surface area (Å²) in [6.07, 6.45) is 3.29. The summed E-state index contributed by atoms with van der Waals surface area (Å²) >= 11 is 5.73. The SMILES string of the molecule is C=CN(CC(=O)N(CC(=O)NCc1cccc(Cl)c1F)C1CC1)C(=C)C. The van der Waals surface area contributed by atoms with E-state index in [1.165, 1.54) is 12.3 Å². The van der Waals surface area contributed by atoms with E-state index in [4.69, 9.17) is 11.6 Å². The molecule has 5 nitrogen and oxygen atoms in total. The lowest BCUT2D eigenvalue weighted by Gasteiger charge is -2.26. The Morgan fingerprint density at radius 1 is 1.38 bits per heavy atom. The molecule has 1 aliphatic carbocycles. The van der Waals surface area contributed by atoms with Gasteiger partial charge in [-0.3, -0.25) is 9.59 Å². The maximum Gasteiger partial charge on any atom is 0.243 e. The van der Waals surface area contributed by atoms with Crippen LogP contribution in [0.15, 0.2) is 43.3 Å². The Bertz CT molecular complexity index is 719. The predicted molar refractivity (Wildman–Crippen MR) is 99.7 cm³/mol. The average Bonchev–Trinajstić information content (AvgIpc) is 3.43. The molecule has 0 radical (unpaired) electrons. The summed E-state index contributed by atoms with van der Waals surface area (Å²) < 4.78 is 13.9. The Hall–Kier alpha value is -2.34. The van der Waals surface area contributed by atoms with Crippen LogP contribution in [0.25, 0.3) is 0 Å². The number of carbonyl (C=O) groups excluding carboxylic acids is 2. The highest BCUT2D eigenvalue weighted by Crippen LogP contribution is 2.27. The van der Waals surface area contributed by atoms with Gasteiger partial charge in [-0.2, -0.15) is 0 Å². The number of allylic oxidation sites excluding steroid dienone is 1. The first-order chi connectivity index (χ1) is 12.3. The average molecular weight is 380 g/mol. The standard InChI is InChI=1S/C19H23ClFN3O2/c1-4-23(13(2)3)12-18(26)24(15-8-9-15)11-17(25)22-10-14-6-5-7-16(20)19(14)21/h4-7,15H,1-2,8-12H2,3H3,(H,22,25). The van der Waals surface area contributed by atoms with Crippen LogP contribution in [0.5, 0.6) is 0 Å². The quantitative estimate of drug-likeness (QED) is 0.717. The Kier molecular flexibility index (Phi) is 6.80. The molecule has 2 rings (SSSR count). The van der Waals surface area contributed by atoms with E-state index in [0.717, 1.165) is 12.8 Å². The van der Waals surface area contributed by atoms with E-state index in [0.29, 0.717) is 11.3 Å². The second-order valence-electron chi connectivity index (χ2n) is 6.29. The zero-order valence-corrected chi connectivity index (χ0v) is 15.6. The van der Waals surface area contributed by atoms with Crippen LogP contribution < -0.4 is 5.32 Å². The number of halogens is 2. The highest BCUT2D eigenvalue weighted by molar-refractivity contribution is 6.30. The van der Waals surface area contributed by atoms with E-state index >= 15 is 0 Å². The molecule has 1 aromatic rings.